The first-order chi connectivity index (χ1) is 10.8. The molecule has 0 saturated carbocycles. The number of rotatable bonds is 3. The molecule has 1 aliphatic heterocycles. The van der Waals surface area contributed by atoms with Crippen molar-refractivity contribution in [1.29, 1.82) is 5.26 Å². The highest BCUT2D eigenvalue weighted by molar-refractivity contribution is 5.75. The molecule has 4 nitrogen and oxygen atoms in total. The number of benzene rings is 1. The van der Waals surface area contributed by atoms with Crippen molar-refractivity contribution >= 4 is 11.6 Å². The lowest BCUT2D eigenvalue weighted by Crippen LogP contribution is -2.36. The lowest BCUT2D eigenvalue weighted by Gasteiger charge is -2.34. The number of nitriles is 1. The smallest absolute Gasteiger partial charge is 0.371 e. The minimum absolute atomic E-state index is 0.0501. The zero-order valence-corrected chi connectivity index (χ0v) is 12.8. The molecule has 1 fully saturated rings. The molecule has 124 valence electrons. The van der Waals surface area contributed by atoms with Gasteiger partial charge in [-0.3, -0.25) is 4.79 Å². The summed E-state index contributed by atoms with van der Waals surface area (Å²) in [6.45, 7) is 0.888. The number of nitrogens with zero attached hydrogens (tertiary/aromatic N) is 2. The maximum atomic E-state index is 13.2. The number of piperidine rings is 1. The number of hydrogen-bond acceptors (Lipinski definition) is 3. The van der Waals surface area contributed by atoms with E-state index in [-0.39, 0.29) is 23.1 Å². The minimum Gasteiger partial charge on any atom is -0.371 e. The first-order valence-corrected chi connectivity index (χ1v) is 7.42. The third-order valence-electron chi connectivity index (χ3n) is 4.14. The Bertz CT molecular complexity index is 614. The molecule has 0 unspecified atom stereocenters. The fourth-order valence-corrected chi connectivity index (χ4v) is 2.84. The molecule has 0 radical (unpaired) electrons. The molecule has 0 spiro atoms. The van der Waals surface area contributed by atoms with Crippen LogP contribution in [0.25, 0.3) is 0 Å². The summed E-state index contributed by atoms with van der Waals surface area (Å²) < 4.78 is 39.5. The van der Waals surface area contributed by atoms with Crippen LogP contribution >= 0.6 is 0 Å². The second-order valence-electron chi connectivity index (χ2n) is 5.65. The minimum atomic E-state index is -4.46. The Kier molecular flexibility index (Phi) is 5.14. The molecular weight excluding hydrogens is 307 g/mol. The number of carbonyl (C=O) groups excluding carboxylic acids is 1. The monoisotopic (exact) mass is 325 g/mol. The molecule has 1 amide bonds. The summed E-state index contributed by atoms with van der Waals surface area (Å²) in [6.07, 6.45) is -2.75. The molecule has 1 aliphatic rings. The largest absolute Gasteiger partial charge is 0.418 e. The van der Waals surface area contributed by atoms with Crippen LogP contribution in [0.3, 0.4) is 0 Å². The molecule has 0 atom stereocenters. The molecule has 1 aromatic rings. The van der Waals surface area contributed by atoms with E-state index in [2.05, 4.69) is 5.32 Å². The third kappa shape index (κ3) is 4.15. The van der Waals surface area contributed by atoms with Gasteiger partial charge in [0.1, 0.15) is 0 Å². The van der Waals surface area contributed by atoms with Gasteiger partial charge in [-0.2, -0.15) is 18.4 Å². The van der Waals surface area contributed by atoms with Crippen molar-refractivity contribution < 1.29 is 18.0 Å². The van der Waals surface area contributed by atoms with Crippen LogP contribution in [0.4, 0.5) is 18.9 Å². The molecule has 1 aromatic carbocycles. The Hall–Kier alpha value is -2.23. The standard InChI is InChI=1S/C16H18F3N3O/c1-21-15(23)9-11-4-6-22(7-5-11)14-8-12(10-20)2-3-13(14)16(17,18)19/h2-3,8,11H,4-7,9H2,1H3,(H,21,23). The summed E-state index contributed by atoms with van der Waals surface area (Å²) in [4.78, 5) is 13.0. The molecule has 2 rings (SSSR count). The molecule has 0 aliphatic carbocycles. The molecule has 23 heavy (non-hydrogen) atoms. The molecule has 1 saturated heterocycles. The number of hydrogen-bond donors (Lipinski definition) is 1. The molecule has 0 aromatic heterocycles. The van der Waals surface area contributed by atoms with Gasteiger partial charge in [-0.15, -0.1) is 0 Å². The van der Waals surface area contributed by atoms with Crippen molar-refractivity contribution in [3.05, 3.63) is 29.3 Å². The van der Waals surface area contributed by atoms with E-state index in [0.717, 1.165) is 6.07 Å². The first-order valence-electron chi connectivity index (χ1n) is 7.42. The number of anilines is 1. The Morgan fingerprint density at radius 3 is 2.57 bits per heavy atom. The zero-order chi connectivity index (χ0) is 17.0. The van der Waals surface area contributed by atoms with Gasteiger partial charge in [0.15, 0.2) is 0 Å². The van der Waals surface area contributed by atoms with E-state index in [0.29, 0.717) is 32.4 Å². The van der Waals surface area contributed by atoms with Gasteiger partial charge in [-0.25, -0.2) is 0 Å². The Morgan fingerprint density at radius 1 is 1.39 bits per heavy atom. The number of nitrogens with one attached hydrogen (secondary N) is 1. The molecular formula is C16H18F3N3O. The molecule has 0 bridgehead atoms. The summed E-state index contributed by atoms with van der Waals surface area (Å²) >= 11 is 0. The number of carbonyl (C=O) groups is 1. The van der Waals surface area contributed by atoms with Crippen LogP contribution in [0.2, 0.25) is 0 Å². The summed E-state index contributed by atoms with van der Waals surface area (Å²) in [5.74, 6) is 0.130. The summed E-state index contributed by atoms with van der Waals surface area (Å²) in [7, 11) is 1.57. The summed E-state index contributed by atoms with van der Waals surface area (Å²) in [5, 5.41) is 11.5. The summed E-state index contributed by atoms with van der Waals surface area (Å²) in [6, 6.07) is 5.32. The van der Waals surface area contributed by atoms with Crippen LogP contribution in [0.1, 0.15) is 30.4 Å². The van der Waals surface area contributed by atoms with E-state index in [1.165, 1.54) is 12.1 Å². The van der Waals surface area contributed by atoms with E-state index in [1.54, 1.807) is 11.9 Å². The average molecular weight is 325 g/mol. The maximum absolute atomic E-state index is 13.2. The number of amides is 1. The zero-order valence-electron chi connectivity index (χ0n) is 12.8. The van der Waals surface area contributed by atoms with Crippen molar-refractivity contribution in [2.45, 2.75) is 25.4 Å². The Labute approximate surface area is 132 Å². The van der Waals surface area contributed by atoms with Crippen LogP contribution < -0.4 is 10.2 Å². The van der Waals surface area contributed by atoms with Gasteiger partial charge in [0, 0.05) is 26.6 Å². The predicted molar refractivity (Wildman–Crippen MR) is 79.8 cm³/mol. The topological polar surface area (TPSA) is 56.1 Å². The van der Waals surface area contributed by atoms with Crippen molar-refractivity contribution in [2.24, 2.45) is 5.92 Å². The van der Waals surface area contributed by atoms with Crippen LogP contribution in [-0.4, -0.2) is 26.0 Å². The van der Waals surface area contributed by atoms with Gasteiger partial charge >= 0.3 is 6.18 Å². The lowest BCUT2D eigenvalue weighted by atomic mass is 9.92. The fourth-order valence-electron chi connectivity index (χ4n) is 2.84. The van der Waals surface area contributed by atoms with Gasteiger partial charge in [-0.05, 0) is 37.0 Å². The van der Waals surface area contributed by atoms with Gasteiger partial charge in [0.2, 0.25) is 5.91 Å². The maximum Gasteiger partial charge on any atom is 0.418 e. The van der Waals surface area contributed by atoms with Crippen LogP contribution in [-0.2, 0) is 11.0 Å². The van der Waals surface area contributed by atoms with E-state index in [4.69, 9.17) is 5.26 Å². The van der Waals surface area contributed by atoms with Crippen LogP contribution in [0.15, 0.2) is 18.2 Å². The highest BCUT2D eigenvalue weighted by atomic mass is 19.4. The van der Waals surface area contributed by atoms with Gasteiger partial charge in [0.05, 0.1) is 22.9 Å². The Balaban J connectivity index is 2.17. The van der Waals surface area contributed by atoms with Gasteiger partial charge in [0.25, 0.3) is 0 Å². The number of alkyl halides is 3. The average Bonchev–Trinajstić information content (AvgIpc) is 2.54. The second kappa shape index (κ2) is 6.90. The highest BCUT2D eigenvalue weighted by Gasteiger charge is 2.35. The SMILES string of the molecule is CNC(=O)CC1CCN(c2cc(C#N)ccc2C(F)(F)F)CC1. The highest BCUT2D eigenvalue weighted by Crippen LogP contribution is 2.38. The molecule has 7 heteroatoms. The first kappa shape index (κ1) is 17.1. The predicted octanol–water partition coefficient (Wildman–Crippen LogP) is 2.93. The van der Waals surface area contributed by atoms with Crippen molar-refractivity contribution in [2.75, 3.05) is 25.0 Å². The van der Waals surface area contributed by atoms with Gasteiger partial charge < -0.3 is 10.2 Å². The van der Waals surface area contributed by atoms with Crippen LogP contribution in [0, 0.1) is 17.2 Å². The lowest BCUT2D eigenvalue weighted by molar-refractivity contribution is -0.137. The van der Waals surface area contributed by atoms with Crippen LogP contribution in [0.5, 0.6) is 0 Å². The van der Waals surface area contributed by atoms with E-state index in [1.807, 2.05) is 6.07 Å². The quantitative estimate of drug-likeness (QED) is 0.929. The van der Waals surface area contributed by atoms with E-state index in [9.17, 15) is 18.0 Å². The normalized spacial score (nSPS) is 16.0. The van der Waals surface area contributed by atoms with Crippen molar-refractivity contribution in [1.82, 2.24) is 5.32 Å². The molecule has 1 N–H and O–H groups in total. The Morgan fingerprint density at radius 2 is 2.04 bits per heavy atom. The van der Waals surface area contributed by atoms with Crippen molar-refractivity contribution in [3.63, 3.8) is 0 Å². The third-order valence-corrected chi connectivity index (χ3v) is 4.14. The number of halogens is 3. The second-order valence-corrected chi connectivity index (χ2v) is 5.65. The van der Waals surface area contributed by atoms with E-state index < -0.39 is 11.7 Å². The van der Waals surface area contributed by atoms with Crippen molar-refractivity contribution in [3.8, 4) is 6.07 Å². The van der Waals surface area contributed by atoms with E-state index >= 15 is 0 Å². The fraction of sp³-hybridized carbons (Fsp3) is 0.500. The summed E-state index contributed by atoms with van der Waals surface area (Å²) in [5.41, 5.74) is -0.461. The molecule has 1 heterocycles. The van der Waals surface area contributed by atoms with Gasteiger partial charge in [-0.1, -0.05) is 0 Å².